The summed E-state index contributed by atoms with van der Waals surface area (Å²) in [5.74, 6) is 1.15. The minimum Gasteiger partial charge on any atom is -0.497 e. The fraction of sp³-hybridized carbons (Fsp3) is 0.200. The van der Waals surface area contributed by atoms with Gasteiger partial charge in [-0.15, -0.1) is 0 Å². The predicted octanol–water partition coefficient (Wildman–Crippen LogP) is 3.52. The van der Waals surface area contributed by atoms with Gasteiger partial charge in [-0.3, -0.25) is 0 Å². The molecule has 0 aromatic heterocycles. The van der Waals surface area contributed by atoms with E-state index in [4.69, 9.17) is 14.2 Å². The van der Waals surface area contributed by atoms with Crippen LogP contribution in [0.2, 0.25) is 0 Å². The van der Waals surface area contributed by atoms with Crippen molar-refractivity contribution < 1.29 is 18.6 Å². The third-order valence-corrected chi connectivity index (χ3v) is 2.87. The van der Waals surface area contributed by atoms with Crippen molar-refractivity contribution in [2.45, 2.75) is 0 Å². The summed E-state index contributed by atoms with van der Waals surface area (Å²) in [5, 5.41) is 0. The highest BCUT2D eigenvalue weighted by Crippen LogP contribution is 2.35. The smallest absolute Gasteiger partial charge is 0.165 e. The standard InChI is InChI=1S/C15H15FO3/c1-17-11-5-7-14(18-2)12(9-11)10-4-6-15(19-3)13(16)8-10/h4-9H,1-3H3. The Balaban J connectivity index is 2.53. The molecule has 3 nitrogen and oxygen atoms in total. The Morgan fingerprint density at radius 2 is 1.47 bits per heavy atom. The predicted molar refractivity (Wildman–Crippen MR) is 71.5 cm³/mol. The highest BCUT2D eigenvalue weighted by Gasteiger charge is 2.10. The van der Waals surface area contributed by atoms with Gasteiger partial charge in [0.25, 0.3) is 0 Å². The van der Waals surface area contributed by atoms with E-state index in [0.717, 1.165) is 5.56 Å². The third-order valence-electron chi connectivity index (χ3n) is 2.87. The van der Waals surface area contributed by atoms with Crippen LogP contribution >= 0.6 is 0 Å². The normalized spacial score (nSPS) is 10.1. The van der Waals surface area contributed by atoms with Crippen molar-refractivity contribution in [3.8, 4) is 28.4 Å². The zero-order valence-electron chi connectivity index (χ0n) is 11.1. The van der Waals surface area contributed by atoms with Gasteiger partial charge in [-0.25, -0.2) is 4.39 Å². The fourth-order valence-electron chi connectivity index (χ4n) is 1.87. The van der Waals surface area contributed by atoms with Crippen LogP contribution in [0.4, 0.5) is 4.39 Å². The molecule has 2 aromatic carbocycles. The summed E-state index contributed by atoms with van der Waals surface area (Å²) < 4.78 is 29.1. The van der Waals surface area contributed by atoms with Crippen molar-refractivity contribution in [1.82, 2.24) is 0 Å². The van der Waals surface area contributed by atoms with Gasteiger partial charge in [0.2, 0.25) is 0 Å². The number of ether oxygens (including phenoxy) is 3. The summed E-state index contributed by atoms with van der Waals surface area (Å²) >= 11 is 0. The van der Waals surface area contributed by atoms with Gasteiger partial charge in [0.15, 0.2) is 11.6 Å². The molecule has 0 saturated carbocycles. The minimum absolute atomic E-state index is 0.214. The maximum absolute atomic E-state index is 13.8. The number of hydrogen-bond donors (Lipinski definition) is 0. The Bertz CT molecular complexity index is 582. The summed E-state index contributed by atoms with van der Waals surface area (Å²) in [4.78, 5) is 0. The van der Waals surface area contributed by atoms with Crippen molar-refractivity contribution in [3.63, 3.8) is 0 Å². The van der Waals surface area contributed by atoms with Gasteiger partial charge in [0.1, 0.15) is 11.5 Å². The van der Waals surface area contributed by atoms with Crippen LogP contribution in [-0.2, 0) is 0 Å². The first-order chi connectivity index (χ1) is 9.19. The van der Waals surface area contributed by atoms with Crippen molar-refractivity contribution in [2.75, 3.05) is 21.3 Å². The lowest BCUT2D eigenvalue weighted by molar-refractivity contribution is 0.386. The summed E-state index contributed by atoms with van der Waals surface area (Å²) in [6, 6.07) is 10.2. The third kappa shape index (κ3) is 2.62. The first-order valence-electron chi connectivity index (χ1n) is 5.75. The molecule has 0 aliphatic rings. The molecule has 0 N–H and O–H groups in total. The highest BCUT2D eigenvalue weighted by molar-refractivity contribution is 5.72. The average molecular weight is 262 g/mol. The lowest BCUT2D eigenvalue weighted by atomic mass is 10.0. The summed E-state index contributed by atoms with van der Waals surface area (Å²) in [7, 11) is 4.59. The molecule has 2 rings (SSSR count). The number of benzene rings is 2. The first-order valence-corrected chi connectivity index (χ1v) is 5.75. The second-order valence-corrected chi connectivity index (χ2v) is 3.92. The molecule has 0 radical (unpaired) electrons. The van der Waals surface area contributed by atoms with Crippen LogP contribution in [0.3, 0.4) is 0 Å². The molecule has 100 valence electrons. The van der Waals surface area contributed by atoms with Gasteiger partial charge < -0.3 is 14.2 Å². The van der Waals surface area contributed by atoms with E-state index in [0.29, 0.717) is 17.1 Å². The van der Waals surface area contributed by atoms with E-state index in [1.54, 1.807) is 44.6 Å². The molecule has 0 bridgehead atoms. The second-order valence-electron chi connectivity index (χ2n) is 3.92. The van der Waals surface area contributed by atoms with Crippen LogP contribution in [0.25, 0.3) is 11.1 Å². The van der Waals surface area contributed by atoms with Gasteiger partial charge in [0.05, 0.1) is 21.3 Å². The maximum Gasteiger partial charge on any atom is 0.165 e. The van der Waals surface area contributed by atoms with E-state index >= 15 is 0 Å². The van der Waals surface area contributed by atoms with E-state index in [9.17, 15) is 4.39 Å². The topological polar surface area (TPSA) is 27.7 Å². The van der Waals surface area contributed by atoms with E-state index < -0.39 is 5.82 Å². The molecule has 0 saturated heterocycles. The van der Waals surface area contributed by atoms with E-state index in [1.165, 1.54) is 13.2 Å². The van der Waals surface area contributed by atoms with Crippen molar-refractivity contribution in [3.05, 3.63) is 42.2 Å². The Hall–Kier alpha value is -2.23. The van der Waals surface area contributed by atoms with E-state index in [1.807, 2.05) is 0 Å². The Labute approximate surface area is 111 Å². The van der Waals surface area contributed by atoms with Crippen molar-refractivity contribution in [1.29, 1.82) is 0 Å². The summed E-state index contributed by atoms with van der Waals surface area (Å²) in [6.45, 7) is 0. The van der Waals surface area contributed by atoms with Gasteiger partial charge in [0, 0.05) is 5.56 Å². The molecule has 0 aliphatic carbocycles. The van der Waals surface area contributed by atoms with Crippen molar-refractivity contribution in [2.24, 2.45) is 0 Å². The molecular weight excluding hydrogens is 247 g/mol. The molecule has 4 heteroatoms. The molecule has 19 heavy (non-hydrogen) atoms. The lowest BCUT2D eigenvalue weighted by Gasteiger charge is -2.11. The number of methoxy groups -OCH3 is 3. The zero-order valence-corrected chi connectivity index (χ0v) is 11.1. The molecule has 0 heterocycles. The van der Waals surface area contributed by atoms with Crippen LogP contribution in [0.15, 0.2) is 36.4 Å². The van der Waals surface area contributed by atoms with E-state index in [2.05, 4.69) is 0 Å². The number of halogens is 1. The Morgan fingerprint density at radius 3 is 2.05 bits per heavy atom. The second kappa shape index (κ2) is 5.61. The molecule has 0 atom stereocenters. The van der Waals surface area contributed by atoms with Gasteiger partial charge in [-0.05, 0) is 35.9 Å². The van der Waals surface area contributed by atoms with Crippen LogP contribution in [0.5, 0.6) is 17.2 Å². The average Bonchev–Trinajstić information content (AvgIpc) is 2.46. The highest BCUT2D eigenvalue weighted by atomic mass is 19.1. The fourth-order valence-corrected chi connectivity index (χ4v) is 1.87. The Morgan fingerprint density at radius 1 is 0.789 bits per heavy atom. The SMILES string of the molecule is COc1ccc(OC)c(-c2ccc(OC)c(F)c2)c1. The van der Waals surface area contributed by atoms with Crippen LogP contribution < -0.4 is 14.2 Å². The van der Waals surface area contributed by atoms with Crippen LogP contribution in [0.1, 0.15) is 0 Å². The molecule has 0 unspecified atom stereocenters. The summed E-state index contributed by atoms with van der Waals surface area (Å²) in [5.41, 5.74) is 1.47. The van der Waals surface area contributed by atoms with Crippen molar-refractivity contribution >= 4 is 0 Å². The van der Waals surface area contributed by atoms with Crippen LogP contribution in [-0.4, -0.2) is 21.3 Å². The van der Waals surface area contributed by atoms with Gasteiger partial charge in [-0.1, -0.05) is 6.07 Å². The Kier molecular flexibility index (Phi) is 3.90. The molecule has 0 aliphatic heterocycles. The number of hydrogen-bond acceptors (Lipinski definition) is 3. The lowest BCUT2D eigenvalue weighted by Crippen LogP contribution is -1.92. The van der Waals surface area contributed by atoms with Gasteiger partial charge >= 0.3 is 0 Å². The minimum atomic E-state index is -0.412. The molecule has 0 amide bonds. The molecule has 0 spiro atoms. The largest absolute Gasteiger partial charge is 0.497 e. The van der Waals surface area contributed by atoms with Crippen LogP contribution in [0, 0.1) is 5.82 Å². The van der Waals surface area contributed by atoms with Gasteiger partial charge in [-0.2, -0.15) is 0 Å². The first kappa shape index (κ1) is 13.2. The molecular formula is C15H15FO3. The number of rotatable bonds is 4. The monoisotopic (exact) mass is 262 g/mol. The molecule has 0 fully saturated rings. The quantitative estimate of drug-likeness (QED) is 0.843. The zero-order chi connectivity index (χ0) is 13.8. The molecule has 2 aromatic rings. The maximum atomic E-state index is 13.8. The summed E-state index contributed by atoms with van der Waals surface area (Å²) in [6.07, 6.45) is 0. The van der Waals surface area contributed by atoms with E-state index in [-0.39, 0.29) is 5.75 Å².